The molecule has 0 aliphatic carbocycles. The first kappa shape index (κ1) is 14.3. The summed E-state index contributed by atoms with van der Waals surface area (Å²) < 4.78 is 18.7. The quantitative estimate of drug-likeness (QED) is 0.913. The molecule has 1 aliphatic heterocycles. The molecule has 0 saturated carbocycles. The van der Waals surface area contributed by atoms with Crippen molar-refractivity contribution in [3.05, 3.63) is 29.6 Å². The predicted molar refractivity (Wildman–Crippen MR) is 72.8 cm³/mol. The van der Waals surface area contributed by atoms with Gasteiger partial charge in [0.2, 0.25) is 0 Å². The van der Waals surface area contributed by atoms with E-state index in [-0.39, 0.29) is 5.75 Å². The van der Waals surface area contributed by atoms with Crippen LogP contribution in [-0.2, 0) is 5.60 Å². The third kappa shape index (κ3) is 3.07. The number of benzene rings is 1. The van der Waals surface area contributed by atoms with Crippen LogP contribution < -0.4 is 4.74 Å². The molecule has 1 atom stereocenters. The summed E-state index contributed by atoms with van der Waals surface area (Å²) in [5.41, 5.74) is -0.263. The zero-order valence-corrected chi connectivity index (χ0v) is 11.7. The second-order valence-corrected chi connectivity index (χ2v) is 5.17. The summed E-state index contributed by atoms with van der Waals surface area (Å²) in [6.07, 6.45) is 2.25. The Morgan fingerprint density at radius 2 is 2.16 bits per heavy atom. The number of likely N-dealkylation sites (tertiary alicyclic amines) is 1. The first-order valence-corrected chi connectivity index (χ1v) is 6.88. The maximum Gasteiger partial charge on any atom is 0.165 e. The lowest BCUT2D eigenvalue weighted by atomic mass is 9.87. The number of nitrogens with zero attached hydrogens (tertiary/aromatic N) is 1. The topological polar surface area (TPSA) is 32.7 Å². The van der Waals surface area contributed by atoms with Gasteiger partial charge in [0.15, 0.2) is 11.6 Å². The highest BCUT2D eigenvalue weighted by atomic mass is 19.1. The third-order valence-corrected chi connectivity index (χ3v) is 4.04. The minimum absolute atomic E-state index is 0.219. The van der Waals surface area contributed by atoms with Gasteiger partial charge in [0.25, 0.3) is 0 Å². The van der Waals surface area contributed by atoms with Gasteiger partial charge in [-0.25, -0.2) is 4.39 Å². The van der Waals surface area contributed by atoms with Gasteiger partial charge in [-0.05, 0) is 50.0 Å². The summed E-state index contributed by atoms with van der Waals surface area (Å²) in [5.74, 6) is -0.193. The van der Waals surface area contributed by atoms with Crippen molar-refractivity contribution in [2.75, 3.05) is 26.7 Å². The number of ether oxygens (including phenoxy) is 1. The molecule has 1 aromatic carbocycles. The van der Waals surface area contributed by atoms with Gasteiger partial charge in [0, 0.05) is 6.54 Å². The molecule has 3 nitrogen and oxygen atoms in total. The van der Waals surface area contributed by atoms with Crippen molar-refractivity contribution in [1.29, 1.82) is 0 Å². The van der Waals surface area contributed by atoms with Gasteiger partial charge in [-0.2, -0.15) is 0 Å². The molecule has 19 heavy (non-hydrogen) atoms. The van der Waals surface area contributed by atoms with Gasteiger partial charge >= 0.3 is 0 Å². The van der Waals surface area contributed by atoms with Crippen LogP contribution in [0.4, 0.5) is 4.39 Å². The maximum absolute atomic E-state index is 13.8. The Labute approximate surface area is 114 Å². The molecule has 1 N–H and O–H groups in total. The number of methoxy groups -OCH3 is 1. The van der Waals surface area contributed by atoms with Crippen molar-refractivity contribution in [3.8, 4) is 5.75 Å². The van der Waals surface area contributed by atoms with Crippen LogP contribution in [0.3, 0.4) is 0 Å². The molecule has 0 spiro atoms. The molecule has 0 aromatic heterocycles. The van der Waals surface area contributed by atoms with E-state index in [0.717, 1.165) is 26.1 Å². The molecular formula is C15H22FNO2. The van der Waals surface area contributed by atoms with Gasteiger partial charge in [-0.3, -0.25) is 0 Å². The van der Waals surface area contributed by atoms with E-state index in [0.29, 0.717) is 18.4 Å². The highest BCUT2D eigenvalue weighted by Crippen LogP contribution is 2.34. The van der Waals surface area contributed by atoms with E-state index >= 15 is 0 Å². The SMILES string of the molecule is CCN1CCCC(O)(c2ccc(OC)c(F)c2)CC1. The predicted octanol–water partition coefficient (Wildman–Crippen LogP) is 2.53. The molecular weight excluding hydrogens is 245 g/mol. The van der Waals surface area contributed by atoms with E-state index < -0.39 is 11.4 Å². The summed E-state index contributed by atoms with van der Waals surface area (Å²) in [6, 6.07) is 4.76. The van der Waals surface area contributed by atoms with Crippen LogP contribution in [0.1, 0.15) is 31.7 Å². The standard InChI is InChI=1S/C15H22FNO2/c1-3-17-9-4-7-15(18,8-10-17)12-5-6-14(19-2)13(16)11-12/h5-6,11,18H,3-4,7-10H2,1-2H3. The molecule has 1 aliphatic rings. The lowest BCUT2D eigenvalue weighted by molar-refractivity contribution is 0.0210. The Hall–Kier alpha value is -1.13. The number of aliphatic hydroxyl groups is 1. The van der Waals surface area contributed by atoms with E-state index in [1.165, 1.54) is 13.2 Å². The summed E-state index contributed by atoms with van der Waals surface area (Å²) >= 11 is 0. The van der Waals surface area contributed by atoms with Crippen LogP contribution in [0.15, 0.2) is 18.2 Å². The zero-order chi connectivity index (χ0) is 13.9. The fraction of sp³-hybridized carbons (Fsp3) is 0.600. The van der Waals surface area contributed by atoms with Crippen LogP contribution in [0.5, 0.6) is 5.75 Å². The molecule has 0 amide bonds. The highest BCUT2D eigenvalue weighted by molar-refractivity contribution is 5.32. The summed E-state index contributed by atoms with van der Waals surface area (Å²) in [4.78, 5) is 2.32. The van der Waals surface area contributed by atoms with Crippen molar-refractivity contribution >= 4 is 0 Å². The number of hydrogen-bond acceptors (Lipinski definition) is 3. The minimum Gasteiger partial charge on any atom is -0.494 e. The van der Waals surface area contributed by atoms with E-state index in [1.54, 1.807) is 12.1 Å². The van der Waals surface area contributed by atoms with Gasteiger partial charge in [0.05, 0.1) is 12.7 Å². The smallest absolute Gasteiger partial charge is 0.165 e. The molecule has 4 heteroatoms. The number of hydrogen-bond donors (Lipinski definition) is 1. The lowest BCUT2D eigenvalue weighted by Gasteiger charge is -2.27. The highest BCUT2D eigenvalue weighted by Gasteiger charge is 2.32. The second-order valence-electron chi connectivity index (χ2n) is 5.17. The second kappa shape index (κ2) is 5.88. The van der Waals surface area contributed by atoms with E-state index in [1.807, 2.05) is 0 Å². The normalized spacial score (nSPS) is 25.1. The Morgan fingerprint density at radius 3 is 2.79 bits per heavy atom. The monoisotopic (exact) mass is 267 g/mol. The maximum atomic E-state index is 13.8. The molecule has 1 heterocycles. The van der Waals surface area contributed by atoms with Crippen LogP contribution in [0.2, 0.25) is 0 Å². The molecule has 1 aromatic rings. The Balaban J connectivity index is 2.21. The third-order valence-electron chi connectivity index (χ3n) is 4.04. The number of halogens is 1. The fourth-order valence-electron chi connectivity index (χ4n) is 2.74. The van der Waals surface area contributed by atoms with Crippen LogP contribution in [-0.4, -0.2) is 36.8 Å². The van der Waals surface area contributed by atoms with Crippen LogP contribution in [0, 0.1) is 5.82 Å². The van der Waals surface area contributed by atoms with Gasteiger partial charge < -0.3 is 14.7 Å². The molecule has 1 saturated heterocycles. The largest absolute Gasteiger partial charge is 0.494 e. The first-order valence-electron chi connectivity index (χ1n) is 6.88. The molecule has 1 unspecified atom stereocenters. The van der Waals surface area contributed by atoms with Crippen molar-refractivity contribution in [1.82, 2.24) is 4.90 Å². The van der Waals surface area contributed by atoms with Crippen molar-refractivity contribution in [2.24, 2.45) is 0 Å². The first-order chi connectivity index (χ1) is 9.09. The van der Waals surface area contributed by atoms with Gasteiger partial charge in [-0.15, -0.1) is 0 Å². The molecule has 106 valence electrons. The van der Waals surface area contributed by atoms with Gasteiger partial charge in [0.1, 0.15) is 0 Å². The van der Waals surface area contributed by atoms with Crippen molar-refractivity contribution in [2.45, 2.75) is 31.8 Å². The fourth-order valence-corrected chi connectivity index (χ4v) is 2.74. The van der Waals surface area contributed by atoms with Crippen LogP contribution >= 0.6 is 0 Å². The zero-order valence-electron chi connectivity index (χ0n) is 11.7. The van der Waals surface area contributed by atoms with Gasteiger partial charge in [-0.1, -0.05) is 13.0 Å². The Morgan fingerprint density at radius 1 is 1.37 bits per heavy atom. The Kier molecular flexibility index (Phi) is 4.42. The summed E-state index contributed by atoms with van der Waals surface area (Å²) in [5, 5.41) is 10.8. The Bertz CT molecular complexity index is 438. The molecule has 0 bridgehead atoms. The van der Waals surface area contributed by atoms with Crippen LogP contribution in [0.25, 0.3) is 0 Å². The molecule has 1 fully saturated rings. The number of rotatable bonds is 3. The molecule has 2 rings (SSSR count). The van der Waals surface area contributed by atoms with Crippen molar-refractivity contribution < 1.29 is 14.2 Å². The lowest BCUT2D eigenvalue weighted by Crippen LogP contribution is -2.29. The minimum atomic E-state index is -0.920. The van der Waals surface area contributed by atoms with Crippen molar-refractivity contribution in [3.63, 3.8) is 0 Å². The van der Waals surface area contributed by atoms with E-state index in [2.05, 4.69) is 11.8 Å². The molecule has 0 radical (unpaired) electrons. The summed E-state index contributed by atoms with van der Waals surface area (Å²) in [6.45, 7) is 4.96. The van der Waals surface area contributed by atoms with E-state index in [4.69, 9.17) is 4.74 Å². The average molecular weight is 267 g/mol. The summed E-state index contributed by atoms with van der Waals surface area (Å²) in [7, 11) is 1.44. The van der Waals surface area contributed by atoms with E-state index in [9.17, 15) is 9.50 Å². The average Bonchev–Trinajstić information content (AvgIpc) is 2.61.